The van der Waals surface area contributed by atoms with E-state index in [1.807, 2.05) is 12.1 Å². The zero-order valence-corrected chi connectivity index (χ0v) is 11.0. The van der Waals surface area contributed by atoms with Crippen LogP contribution >= 0.6 is 11.6 Å². The molecule has 1 heterocycles. The maximum Gasteiger partial charge on any atom is 0.162 e. The summed E-state index contributed by atoms with van der Waals surface area (Å²) in [5, 5.41) is 4.21. The van der Waals surface area contributed by atoms with Crippen molar-refractivity contribution in [3.63, 3.8) is 0 Å². The van der Waals surface area contributed by atoms with Gasteiger partial charge in [-0.25, -0.2) is 0 Å². The lowest BCUT2D eigenvalue weighted by Gasteiger charge is -2.14. The number of nitrogens with one attached hydrogen (secondary N) is 1. The lowest BCUT2D eigenvalue weighted by Crippen LogP contribution is -2.23. The Morgan fingerprint density at radius 1 is 1.29 bits per heavy atom. The molecule has 1 aromatic rings. The first kappa shape index (κ1) is 12.5. The second kappa shape index (κ2) is 5.61. The molecule has 17 heavy (non-hydrogen) atoms. The molecule has 4 heteroatoms. The van der Waals surface area contributed by atoms with Crippen LogP contribution in [0, 0.1) is 0 Å². The van der Waals surface area contributed by atoms with Crippen molar-refractivity contribution in [1.29, 1.82) is 0 Å². The molecule has 1 N–H and O–H groups in total. The van der Waals surface area contributed by atoms with Crippen LogP contribution in [-0.2, 0) is 6.42 Å². The molecular formula is C13H18ClNO2. The Kier molecular flexibility index (Phi) is 4.13. The number of hydrogen-bond donors (Lipinski definition) is 1. The van der Waals surface area contributed by atoms with Gasteiger partial charge in [0.2, 0.25) is 0 Å². The van der Waals surface area contributed by atoms with Crippen LogP contribution < -0.4 is 14.8 Å². The molecule has 0 bridgehead atoms. The molecular weight excluding hydrogens is 238 g/mol. The molecule has 1 aromatic carbocycles. The molecule has 1 aliphatic heterocycles. The number of halogens is 1. The Hall–Kier alpha value is -0.930. The van der Waals surface area contributed by atoms with Gasteiger partial charge in [0.25, 0.3) is 0 Å². The van der Waals surface area contributed by atoms with E-state index in [1.165, 1.54) is 12.8 Å². The van der Waals surface area contributed by atoms with Gasteiger partial charge in [-0.15, -0.1) is 0 Å². The predicted octanol–water partition coefficient (Wildman–Crippen LogP) is 2.65. The Bertz CT molecular complexity index is 389. The van der Waals surface area contributed by atoms with E-state index in [1.54, 1.807) is 14.2 Å². The fourth-order valence-electron chi connectivity index (χ4n) is 2.25. The highest BCUT2D eigenvalue weighted by Crippen LogP contribution is 2.34. The summed E-state index contributed by atoms with van der Waals surface area (Å²) in [7, 11) is 3.26. The van der Waals surface area contributed by atoms with E-state index < -0.39 is 0 Å². The maximum atomic E-state index is 6.25. The standard InChI is InChI=1S/C13H18ClNO2/c1-16-12-7-9(6-10-4-3-5-15-10)11(14)8-13(12)17-2/h7-8,10,15H,3-6H2,1-2H3. The fourth-order valence-corrected chi connectivity index (χ4v) is 2.48. The van der Waals surface area contributed by atoms with Crippen molar-refractivity contribution < 1.29 is 9.47 Å². The van der Waals surface area contributed by atoms with Crippen molar-refractivity contribution in [2.24, 2.45) is 0 Å². The molecule has 94 valence electrons. The lowest BCUT2D eigenvalue weighted by molar-refractivity contribution is 0.354. The molecule has 1 saturated heterocycles. The van der Waals surface area contributed by atoms with Crippen LogP contribution in [0.2, 0.25) is 5.02 Å². The highest BCUT2D eigenvalue weighted by Gasteiger charge is 2.17. The molecule has 1 fully saturated rings. The summed E-state index contributed by atoms with van der Waals surface area (Å²) in [6.07, 6.45) is 3.40. The van der Waals surface area contributed by atoms with Crippen molar-refractivity contribution in [2.45, 2.75) is 25.3 Å². The van der Waals surface area contributed by atoms with Gasteiger partial charge in [0.05, 0.1) is 14.2 Å². The molecule has 0 aliphatic carbocycles. The second-order valence-electron chi connectivity index (χ2n) is 4.30. The van der Waals surface area contributed by atoms with Gasteiger partial charge >= 0.3 is 0 Å². The summed E-state index contributed by atoms with van der Waals surface area (Å²) in [5.41, 5.74) is 1.11. The van der Waals surface area contributed by atoms with Gasteiger partial charge in [0.1, 0.15) is 0 Å². The lowest BCUT2D eigenvalue weighted by atomic mass is 10.0. The maximum absolute atomic E-state index is 6.25. The summed E-state index contributed by atoms with van der Waals surface area (Å²) >= 11 is 6.25. The largest absolute Gasteiger partial charge is 0.493 e. The Morgan fingerprint density at radius 3 is 2.59 bits per heavy atom. The molecule has 0 saturated carbocycles. The highest BCUT2D eigenvalue weighted by molar-refractivity contribution is 6.31. The number of benzene rings is 1. The van der Waals surface area contributed by atoms with Crippen LogP contribution in [0.4, 0.5) is 0 Å². The van der Waals surface area contributed by atoms with Gasteiger partial charge < -0.3 is 14.8 Å². The third-order valence-corrected chi connectivity index (χ3v) is 3.53. The first-order valence-corrected chi connectivity index (χ1v) is 6.26. The van der Waals surface area contributed by atoms with E-state index in [4.69, 9.17) is 21.1 Å². The zero-order valence-electron chi connectivity index (χ0n) is 10.3. The van der Waals surface area contributed by atoms with Crippen molar-refractivity contribution in [3.8, 4) is 11.5 Å². The van der Waals surface area contributed by atoms with Crippen molar-refractivity contribution in [2.75, 3.05) is 20.8 Å². The fraction of sp³-hybridized carbons (Fsp3) is 0.538. The Morgan fingerprint density at radius 2 is 2.00 bits per heavy atom. The minimum atomic E-state index is 0.533. The van der Waals surface area contributed by atoms with Crippen LogP contribution in [0.5, 0.6) is 11.5 Å². The predicted molar refractivity (Wildman–Crippen MR) is 69.3 cm³/mol. The van der Waals surface area contributed by atoms with E-state index in [0.717, 1.165) is 29.3 Å². The summed E-state index contributed by atoms with van der Waals surface area (Å²) in [6, 6.07) is 4.33. The minimum absolute atomic E-state index is 0.533. The van der Waals surface area contributed by atoms with Gasteiger partial charge in [0.15, 0.2) is 11.5 Å². The molecule has 3 nitrogen and oxygen atoms in total. The van der Waals surface area contributed by atoms with Crippen LogP contribution in [0.15, 0.2) is 12.1 Å². The summed E-state index contributed by atoms with van der Waals surface area (Å²) in [5.74, 6) is 1.42. The molecule has 0 amide bonds. The summed E-state index contributed by atoms with van der Waals surface area (Å²) in [4.78, 5) is 0. The molecule has 1 aliphatic rings. The quantitative estimate of drug-likeness (QED) is 0.897. The smallest absolute Gasteiger partial charge is 0.162 e. The van der Waals surface area contributed by atoms with Gasteiger partial charge in [-0.3, -0.25) is 0 Å². The summed E-state index contributed by atoms with van der Waals surface area (Å²) < 4.78 is 10.5. The number of hydrogen-bond acceptors (Lipinski definition) is 3. The van der Waals surface area contributed by atoms with Gasteiger partial charge in [0, 0.05) is 17.1 Å². The van der Waals surface area contributed by atoms with E-state index in [-0.39, 0.29) is 0 Å². The van der Waals surface area contributed by atoms with Crippen LogP contribution in [-0.4, -0.2) is 26.8 Å². The van der Waals surface area contributed by atoms with E-state index >= 15 is 0 Å². The van der Waals surface area contributed by atoms with Crippen LogP contribution in [0.3, 0.4) is 0 Å². The summed E-state index contributed by atoms with van der Waals surface area (Å²) in [6.45, 7) is 1.11. The van der Waals surface area contributed by atoms with Gasteiger partial charge in [-0.05, 0) is 37.4 Å². The minimum Gasteiger partial charge on any atom is -0.493 e. The third-order valence-electron chi connectivity index (χ3n) is 3.18. The number of rotatable bonds is 4. The molecule has 0 aromatic heterocycles. The monoisotopic (exact) mass is 255 g/mol. The number of ether oxygens (including phenoxy) is 2. The molecule has 0 radical (unpaired) electrons. The first-order chi connectivity index (χ1) is 8.24. The van der Waals surface area contributed by atoms with E-state index in [2.05, 4.69) is 5.32 Å². The Labute approximate surface area is 107 Å². The highest BCUT2D eigenvalue weighted by atomic mass is 35.5. The Balaban J connectivity index is 2.20. The van der Waals surface area contributed by atoms with E-state index in [9.17, 15) is 0 Å². The van der Waals surface area contributed by atoms with E-state index in [0.29, 0.717) is 11.8 Å². The average molecular weight is 256 g/mol. The normalized spacial score (nSPS) is 19.4. The molecule has 1 unspecified atom stereocenters. The first-order valence-electron chi connectivity index (χ1n) is 5.88. The number of methoxy groups -OCH3 is 2. The van der Waals surface area contributed by atoms with Crippen LogP contribution in [0.1, 0.15) is 18.4 Å². The molecule has 1 atom stereocenters. The average Bonchev–Trinajstić information content (AvgIpc) is 2.84. The van der Waals surface area contributed by atoms with Crippen molar-refractivity contribution in [3.05, 3.63) is 22.7 Å². The SMILES string of the molecule is COc1cc(Cl)c(CC2CCCN2)cc1OC. The van der Waals surface area contributed by atoms with Crippen molar-refractivity contribution >= 4 is 11.6 Å². The zero-order chi connectivity index (χ0) is 12.3. The van der Waals surface area contributed by atoms with Gasteiger partial charge in [-0.1, -0.05) is 11.6 Å². The third kappa shape index (κ3) is 2.85. The topological polar surface area (TPSA) is 30.5 Å². The second-order valence-corrected chi connectivity index (χ2v) is 4.70. The molecule has 2 rings (SSSR count). The molecule has 0 spiro atoms. The van der Waals surface area contributed by atoms with Gasteiger partial charge in [-0.2, -0.15) is 0 Å². The van der Waals surface area contributed by atoms with Crippen molar-refractivity contribution in [1.82, 2.24) is 5.32 Å². The van der Waals surface area contributed by atoms with Crippen LogP contribution in [0.25, 0.3) is 0 Å².